The zero-order valence-electron chi connectivity index (χ0n) is 13.1. The molecule has 0 spiro atoms. The summed E-state index contributed by atoms with van der Waals surface area (Å²) in [5.74, 6) is 1.48. The molecule has 0 amide bonds. The number of aliphatic imine (C=N–C) groups is 1. The normalized spacial score (nSPS) is 11.8. The van der Waals surface area contributed by atoms with Crippen molar-refractivity contribution < 1.29 is 4.74 Å². The second-order valence-corrected chi connectivity index (χ2v) is 5.22. The predicted molar refractivity (Wildman–Crippen MR) is 84.8 cm³/mol. The SMILES string of the molecule is CCNC(=NCc1ccc(COC)cc1)NCC(C)C. The molecule has 2 N–H and O–H groups in total. The fraction of sp³-hybridized carbons (Fsp3) is 0.562. The van der Waals surface area contributed by atoms with Crippen LogP contribution in [0.3, 0.4) is 0 Å². The van der Waals surface area contributed by atoms with Gasteiger partial charge in [-0.1, -0.05) is 38.1 Å². The van der Waals surface area contributed by atoms with Crippen molar-refractivity contribution in [1.82, 2.24) is 10.6 Å². The molecule has 0 saturated carbocycles. The van der Waals surface area contributed by atoms with Crippen molar-refractivity contribution >= 4 is 5.96 Å². The Morgan fingerprint density at radius 1 is 1.15 bits per heavy atom. The molecule has 0 aliphatic heterocycles. The van der Waals surface area contributed by atoms with Crippen molar-refractivity contribution in [2.24, 2.45) is 10.9 Å². The number of nitrogens with zero attached hydrogens (tertiary/aromatic N) is 1. The maximum Gasteiger partial charge on any atom is 0.191 e. The molecule has 20 heavy (non-hydrogen) atoms. The Bertz CT molecular complexity index is 399. The number of hydrogen-bond acceptors (Lipinski definition) is 2. The topological polar surface area (TPSA) is 45.7 Å². The molecule has 1 aromatic carbocycles. The Labute approximate surface area is 122 Å². The first-order chi connectivity index (χ1) is 9.65. The molecule has 0 saturated heterocycles. The van der Waals surface area contributed by atoms with Crippen LogP contribution in [0.1, 0.15) is 31.9 Å². The number of nitrogens with one attached hydrogen (secondary N) is 2. The maximum atomic E-state index is 5.10. The van der Waals surface area contributed by atoms with Gasteiger partial charge in [0, 0.05) is 20.2 Å². The fourth-order valence-corrected chi connectivity index (χ4v) is 1.72. The molecule has 0 fully saturated rings. The molecule has 1 aromatic rings. The van der Waals surface area contributed by atoms with Gasteiger partial charge in [0.1, 0.15) is 0 Å². The average molecular weight is 277 g/mol. The lowest BCUT2D eigenvalue weighted by atomic mass is 10.1. The van der Waals surface area contributed by atoms with Gasteiger partial charge >= 0.3 is 0 Å². The van der Waals surface area contributed by atoms with E-state index in [0.717, 1.165) is 19.0 Å². The Morgan fingerprint density at radius 2 is 1.80 bits per heavy atom. The summed E-state index contributed by atoms with van der Waals surface area (Å²) in [6.45, 7) is 9.58. The van der Waals surface area contributed by atoms with Crippen LogP contribution in [0.25, 0.3) is 0 Å². The number of hydrogen-bond donors (Lipinski definition) is 2. The van der Waals surface area contributed by atoms with Gasteiger partial charge in [0.25, 0.3) is 0 Å². The molecular weight excluding hydrogens is 250 g/mol. The van der Waals surface area contributed by atoms with Crippen molar-refractivity contribution in [3.05, 3.63) is 35.4 Å². The summed E-state index contributed by atoms with van der Waals surface area (Å²) in [6.07, 6.45) is 0. The lowest BCUT2D eigenvalue weighted by molar-refractivity contribution is 0.185. The number of ether oxygens (including phenoxy) is 1. The molecule has 0 radical (unpaired) electrons. The Hall–Kier alpha value is -1.55. The molecule has 112 valence electrons. The molecule has 0 aliphatic rings. The van der Waals surface area contributed by atoms with Gasteiger partial charge in [-0.15, -0.1) is 0 Å². The van der Waals surface area contributed by atoms with E-state index in [0.29, 0.717) is 19.1 Å². The molecular formula is C16H27N3O. The minimum absolute atomic E-state index is 0.604. The molecule has 4 nitrogen and oxygen atoms in total. The monoisotopic (exact) mass is 277 g/mol. The van der Waals surface area contributed by atoms with Crippen molar-refractivity contribution in [3.63, 3.8) is 0 Å². The van der Waals surface area contributed by atoms with Crippen LogP contribution in [-0.4, -0.2) is 26.2 Å². The summed E-state index contributed by atoms with van der Waals surface area (Å²) in [6, 6.07) is 8.37. The zero-order valence-corrected chi connectivity index (χ0v) is 13.1. The fourth-order valence-electron chi connectivity index (χ4n) is 1.72. The van der Waals surface area contributed by atoms with Crippen molar-refractivity contribution in [3.8, 4) is 0 Å². The number of rotatable bonds is 7. The zero-order chi connectivity index (χ0) is 14.8. The Balaban J connectivity index is 2.56. The summed E-state index contributed by atoms with van der Waals surface area (Å²) in [7, 11) is 1.71. The van der Waals surface area contributed by atoms with Crippen molar-refractivity contribution in [1.29, 1.82) is 0 Å². The third kappa shape index (κ3) is 6.57. The highest BCUT2D eigenvalue weighted by molar-refractivity contribution is 5.79. The van der Waals surface area contributed by atoms with E-state index in [4.69, 9.17) is 4.74 Å². The van der Waals surface area contributed by atoms with Crippen molar-refractivity contribution in [2.45, 2.75) is 33.9 Å². The first kappa shape index (κ1) is 16.5. The number of methoxy groups -OCH3 is 1. The first-order valence-corrected chi connectivity index (χ1v) is 7.24. The number of benzene rings is 1. The smallest absolute Gasteiger partial charge is 0.191 e. The highest BCUT2D eigenvalue weighted by Gasteiger charge is 1.99. The summed E-state index contributed by atoms with van der Waals surface area (Å²) >= 11 is 0. The van der Waals surface area contributed by atoms with Crippen LogP contribution in [0, 0.1) is 5.92 Å². The van der Waals surface area contributed by atoms with Crippen LogP contribution in [0.15, 0.2) is 29.3 Å². The van der Waals surface area contributed by atoms with Gasteiger partial charge < -0.3 is 15.4 Å². The van der Waals surface area contributed by atoms with Crippen LogP contribution in [-0.2, 0) is 17.9 Å². The van der Waals surface area contributed by atoms with Gasteiger partial charge in [0.15, 0.2) is 5.96 Å². The minimum atomic E-state index is 0.604. The van der Waals surface area contributed by atoms with E-state index >= 15 is 0 Å². The van der Waals surface area contributed by atoms with E-state index in [1.165, 1.54) is 11.1 Å². The standard InChI is InChI=1S/C16H27N3O/c1-5-17-16(18-10-13(2)3)19-11-14-6-8-15(9-7-14)12-20-4/h6-9,13H,5,10-12H2,1-4H3,(H2,17,18,19). The largest absolute Gasteiger partial charge is 0.380 e. The molecule has 4 heteroatoms. The Morgan fingerprint density at radius 3 is 2.35 bits per heavy atom. The molecule has 0 aliphatic carbocycles. The molecule has 0 heterocycles. The quantitative estimate of drug-likeness (QED) is 0.595. The first-order valence-electron chi connectivity index (χ1n) is 7.24. The van der Waals surface area contributed by atoms with Gasteiger partial charge in [-0.3, -0.25) is 0 Å². The van der Waals surface area contributed by atoms with Crippen molar-refractivity contribution in [2.75, 3.05) is 20.2 Å². The summed E-state index contributed by atoms with van der Waals surface area (Å²) in [4.78, 5) is 4.59. The van der Waals surface area contributed by atoms with Gasteiger partial charge in [-0.25, -0.2) is 4.99 Å². The van der Waals surface area contributed by atoms with Crippen LogP contribution in [0.2, 0.25) is 0 Å². The summed E-state index contributed by atoms with van der Waals surface area (Å²) in [5, 5.41) is 6.60. The van der Waals surface area contributed by atoms with E-state index in [2.05, 4.69) is 60.7 Å². The lowest BCUT2D eigenvalue weighted by Crippen LogP contribution is -2.39. The van der Waals surface area contributed by atoms with E-state index in [1.54, 1.807) is 7.11 Å². The lowest BCUT2D eigenvalue weighted by Gasteiger charge is -2.13. The van der Waals surface area contributed by atoms with Crippen LogP contribution >= 0.6 is 0 Å². The van der Waals surface area contributed by atoms with E-state index in [-0.39, 0.29) is 0 Å². The van der Waals surface area contributed by atoms with Gasteiger partial charge in [0.05, 0.1) is 13.2 Å². The second kappa shape index (κ2) is 9.37. The van der Waals surface area contributed by atoms with Crippen LogP contribution < -0.4 is 10.6 Å². The van der Waals surface area contributed by atoms with E-state index < -0.39 is 0 Å². The van der Waals surface area contributed by atoms with E-state index in [9.17, 15) is 0 Å². The summed E-state index contributed by atoms with van der Waals surface area (Å²) < 4.78 is 5.10. The summed E-state index contributed by atoms with van der Waals surface area (Å²) in [5.41, 5.74) is 2.39. The second-order valence-electron chi connectivity index (χ2n) is 5.22. The highest BCUT2D eigenvalue weighted by atomic mass is 16.5. The average Bonchev–Trinajstić information content (AvgIpc) is 2.44. The predicted octanol–water partition coefficient (Wildman–Crippen LogP) is 2.54. The maximum absolute atomic E-state index is 5.10. The van der Waals surface area contributed by atoms with E-state index in [1.807, 2.05) is 0 Å². The van der Waals surface area contributed by atoms with Gasteiger partial charge in [0.2, 0.25) is 0 Å². The van der Waals surface area contributed by atoms with Gasteiger partial charge in [-0.2, -0.15) is 0 Å². The molecule has 0 atom stereocenters. The third-order valence-corrected chi connectivity index (χ3v) is 2.78. The van der Waals surface area contributed by atoms with Crippen LogP contribution in [0.4, 0.5) is 0 Å². The minimum Gasteiger partial charge on any atom is -0.380 e. The molecule has 0 aromatic heterocycles. The Kier molecular flexibility index (Phi) is 7.73. The molecule has 1 rings (SSSR count). The third-order valence-electron chi connectivity index (χ3n) is 2.78. The van der Waals surface area contributed by atoms with Crippen LogP contribution in [0.5, 0.6) is 0 Å². The molecule has 0 unspecified atom stereocenters. The highest BCUT2D eigenvalue weighted by Crippen LogP contribution is 2.06. The molecule has 0 bridgehead atoms. The van der Waals surface area contributed by atoms with Gasteiger partial charge in [-0.05, 0) is 24.0 Å². The number of guanidine groups is 1.